The Balaban J connectivity index is 1.89. The maximum absolute atomic E-state index is 13.2. The number of hydrogen-bond acceptors (Lipinski definition) is 4. The van der Waals surface area contributed by atoms with Crippen molar-refractivity contribution < 1.29 is 9.36 Å². The summed E-state index contributed by atoms with van der Waals surface area (Å²) < 4.78 is 3.26. The highest BCUT2D eigenvalue weighted by atomic mass is 16.1. The van der Waals surface area contributed by atoms with E-state index < -0.39 is 0 Å². The molecule has 1 aromatic carbocycles. The van der Waals surface area contributed by atoms with Gasteiger partial charge in [0.2, 0.25) is 11.5 Å². The zero-order chi connectivity index (χ0) is 22.0. The number of anilines is 1. The molecule has 0 aliphatic rings. The molecule has 3 N–H and O–H groups in total. The first-order valence-electron chi connectivity index (χ1n) is 10.4. The van der Waals surface area contributed by atoms with E-state index in [9.17, 15) is 9.59 Å². The fourth-order valence-corrected chi connectivity index (χ4v) is 3.59. The van der Waals surface area contributed by atoms with Crippen molar-refractivity contribution in [3.8, 4) is 0 Å². The maximum atomic E-state index is 13.2. The molecule has 1 amide bonds. The first kappa shape index (κ1) is 20.5. The van der Waals surface area contributed by atoms with Crippen molar-refractivity contribution in [1.82, 2.24) is 14.7 Å². The second-order valence-electron chi connectivity index (χ2n) is 8.02. The average molecular weight is 417 g/mol. The first-order chi connectivity index (χ1) is 15.0. The van der Waals surface area contributed by atoms with Gasteiger partial charge in [0.1, 0.15) is 10.9 Å². The lowest BCUT2D eigenvalue weighted by molar-refractivity contribution is -0.658. The molecule has 7 nitrogen and oxygen atoms in total. The van der Waals surface area contributed by atoms with E-state index in [1.165, 1.54) is 4.40 Å². The number of nitrogen functional groups attached to an aromatic ring is 1. The molecule has 3 heterocycles. The van der Waals surface area contributed by atoms with E-state index in [0.717, 1.165) is 5.56 Å². The maximum Gasteiger partial charge on any atom is 0.278 e. The zero-order valence-electron chi connectivity index (χ0n) is 17.7. The molecule has 0 unspecified atom stereocenters. The molecule has 0 fully saturated rings. The summed E-state index contributed by atoms with van der Waals surface area (Å²) in [5, 5.41) is 3.26. The minimum absolute atomic E-state index is 0.230. The molecule has 0 atom stereocenters. The second-order valence-corrected chi connectivity index (χ2v) is 8.02. The molecule has 0 saturated carbocycles. The fourth-order valence-electron chi connectivity index (χ4n) is 3.59. The van der Waals surface area contributed by atoms with Gasteiger partial charge in [0.15, 0.2) is 0 Å². The molecule has 0 saturated heterocycles. The number of hydrogen-bond donors (Lipinski definition) is 2. The smallest absolute Gasteiger partial charge is 0.278 e. The molecular formula is C24H26N5O2+. The van der Waals surface area contributed by atoms with Gasteiger partial charge in [-0.1, -0.05) is 55.2 Å². The lowest BCUT2D eigenvalue weighted by Gasteiger charge is -2.13. The topological polar surface area (TPSA) is 93.4 Å². The summed E-state index contributed by atoms with van der Waals surface area (Å²) in [5.74, 6) is 0.308. The molecule has 4 aromatic rings. The predicted molar refractivity (Wildman–Crippen MR) is 121 cm³/mol. The molecule has 31 heavy (non-hydrogen) atoms. The van der Waals surface area contributed by atoms with Gasteiger partial charge in [-0.05, 0) is 29.7 Å². The van der Waals surface area contributed by atoms with Gasteiger partial charge >= 0.3 is 0 Å². The van der Waals surface area contributed by atoms with Crippen LogP contribution in [0, 0.1) is 5.92 Å². The average Bonchev–Trinajstić information content (AvgIpc) is 2.77. The Kier molecular flexibility index (Phi) is 5.66. The molecule has 0 bridgehead atoms. The Morgan fingerprint density at radius 3 is 2.65 bits per heavy atom. The number of carbonyl (C=O) groups is 1. The molecule has 0 aliphatic heterocycles. The van der Waals surface area contributed by atoms with E-state index in [1.54, 1.807) is 29.0 Å². The van der Waals surface area contributed by atoms with E-state index in [0.29, 0.717) is 47.9 Å². The van der Waals surface area contributed by atoms with E-state index in [1.807, 2.05) is 50.2 Å². The number of nitrogens with zero attached hydrogens (tertiary/aromatic N) is 3. The van der Waals surface area contributed by atoms with E-state index in [4.69, 9.17) is 10.7 Å². The first-order valence-corrected chi connectivity index (χ1v) is 10.4. The molecule has 3 aromatic heterocycles. The quantitative estimate of drug-likeness (QED) is 0.373. The minimum Gasteiger partial charge on any atom is -0.352 e. The molecule has 0 radical (unpaired) electrons. The highest BCUT2D eigenvalue weighted by molar-refractivity contribution is 6.00. The molecule has 7 heteroatoms. The van der Waals surface area contributed by atoms with Gasteiger partial charge < -0.3 is 11.1 Å². The van der Waals surface area contributed by atoms with Crippen molar-refractivity contribution in [2.24, 2.45) is 5.92 Å². The van der Waals surface area contributed by atoms with Crippen LogP contribution < -0.4 is 21.2 Å². The zero-order valence-corrected chi connectivity index (χ0v) is 17.7. The summed E-state index contributed by atoms with van der Waals surface area (Å²) in [6, 6.07) is 17.0. The SMILES string of the molecule is CC(C)CNC(=O)c1cc2c(=O)n3ccccc3nc2[n+](CCc2ccccc2)c1N. The van der Waals surface area contributed by atoms with Gasteiger partial charge in [-0.15, -0.1) is 0 Å². The summed E-state index contributed by atoms with van der Waals surface area (Å²) in [6.45, 7) is 5.06. The van der Waals surface area contributed by atoms with E-state index in [2.05, 4.69) is 5.32 Å². The van der Waals surface area contributed by atoms with Crippen LogP contribution in [0.25, 0.3) is 16.7 Å². The molecule has 0 aliphatic carbocycles. The molecule has 158 valence electrons. The van der Waals surface area contributed by atoms with Crippen LogP contribution >= 0.6 is 0 Å². The van der Waals surface area contributed by atoms with E-state index in [-0.39, 0.29) is 17.0 Å². The molecule has 4 rings (SSSR count). The number of rotatable bonds is 6. The fraction of sp³-hybridized carbons (Fsp3) is 0.250. The number of aromatic nitrogens is 3. The van der Waals surface area contributed by atoms with Crippen molar-refractivity contribution in [2.45, 2.75) is 26.8 Å². The number of amides is 1. The summed E-state index contributed by atoms with van der Waals surface area (Å²) in [6.07, 6.45) is 2.37. The van der Waals surface area contributed by atoms with E-state index >= 15 is 0 Å². The van der Waals surface area contributed by atoms with Gasteiger partial charge in [0.25, 0.3) is 17.1 Å². The van der Waals surface area contributed by atoms with Crippen LogP contribution in [0.3, 0.4) is 0 Å². The van der Waals surface area contributed by atoms with Gasteiger partial charge in [0.05, 0.1) is 6.54 Å². The number of aryl methyl sites for hydroxylation is 2. The van der Waals surface area contributed by atoms with Crippen molar-refractivity contribution in [3.63, 3.8) is 0 Å². The van der Waals surface area contributed by atoms with Crippen molar-refractivity contribution >= 4 is 28.4 Å². The normalized spacial score (nSPS) is 11.3. The van der Waals surface area contributed by atoms with Gasteiger partial charge in [0, 0.05) is 19.2 Å². The Morgan fingerprint density at radius 2 is 1.90 bits per heavy atom. The Hall–Kier alpha value is -3.74. The summed E-state index contributed by atoms with van der Waals surface area (Å²) in [7, 11) is 0. The standard InChI is InChI=1S/C24H25N5O2/c1-16(2)15-26-23(30)18-14-19-22(27-20-10-6-7-12-28(20)24(19)31)29(21(18)25)13-11-17-8-4-3-5-9-17/h3-10,12,14,16,25H,11,13,15H2,1-2H3,(H,26,30)/p+1. The van der Waals surface area contributed by atoms with Crippen LogP contribution in [-0.4, -0.2) is 21.8 Å². The summed E-state index contributed by atoms with van der Waals surface area (Å²) in [4.78, 5) is 30.8. The lowest BCUT2D eigenvalue weighted by Crippen LogP contribution is -2.43. The van der Waals surface area contributed by atoms with Crippen molar-refractivity contribution in [2.75, 3.05) is 12.3 Å². The third-order valence-corrected chi connectivity index (χ3v) is 5.24. The lowest BCUT2D eigenvalue weighted by atomic mass is 10.1. The van der Waals surface area contributed by atoms with Gasteiger partial charge in [-0.2, -0.15) is 0 Å². The van der Waals surface area contributed by atoms with Gasteiger partial charge in [-0.3, -0.25) is 14.0 Å². The van der Waals surface area contributed by atoms with Gasteiger partial charge in [-0.25, -0.2) is 4.57 Å². The third-order valence-electron chi connectivity index (χ3n) is 5.24. The van der Waals surface area contributed by atoms with Crippen molar-refractivity contribution in [1.29, 1.82) is 0 Å². The number of carbonyl (C=O) groups excluding carboxylic acids is 1. The Morgan fingerprint density at radius 1 is 1.16 bits per heavy atom. The Labute approximate surface area is 180 Å². The second kappa shape index (κ2) is 8.55. The monoisotopic (exact) mass is 416 g/mol. The molecular weight excluding hydrogens is 390 g/mol. The van der Waals surface area contributed by atoms with Crippen LogP contribution in [0.5, 0.6) is 0 Å². The highest BCUT2D eigenvalue weighted by Gasteiger charge is 2.24. The third kappa shape index (κ3) is 4.12. The van der Waals surface area contributed by atoms with Crippen LogP contribution in [0.1, 0.15) is 29.8 Å². The summed E-state index contributed by atoms with van der Waals surface area (Å²) >= 11 is 0. The van der Waals surface area contributed by atoms with Crippen LogP contribution in [-0.2, 0) is 13.0 Å². The Bertz CT molecular complexity index is 1310. The highest BCUT2D eigenvalue weighted by Crippen LogP contribution is 2.15. The number of pyridine rings is 2. The summed E-state index contributed by atoms with van der Waals surface area (Å²) in [5.41, 5.74) is 8.67. The van der Waals surface area contributed by atoms with Crippen LogP contribution in [0.4, 0.5) is 5.82 Å². The predicted octanol–water partition coefficient (Wildman–Crippen LogP) is 2.35. The van der Waals surface area contributed by atoms with Crippen LogP contribution in [0.15, 0.2) is 65.6 Å². The largest absolute Gasteiger partial charge is 0.352 e. The number of nitrogens with two attached hydrogens (primary N) is 1. The number of fused-ring (bicyclic) bond motifs is 2. The van der Waals surface area contributed by atoms with Crippen molar-refractivity contribution in [3.05, 3.63) is 82.3 Å². The number of nitrogens with one attached hydrogen (secondary N) is 1. The number of benzene rings is 1. The van der Waals surface area contributed by atoms with Crippen LogP contribution in [0.2, 0.25) is 0 Å². The molecule has 0 spiro atoms. The minimum atomic E-state index is -0.292.